The molecule has 1 atom stereocenters. The summed E-state index contributed by atoms with van der Waals surface area (Å²) in [4.78, 5) is -0.134. The lowest BCUT2D eigenvalue weighted by molar-refractivity contribution is -0.138. The standard InChI is InChI=1S/C19H20F3NO4S/c1-26-13-9-10-17(27-2)18(12-13)28(24,25)23-11-5-8-16(23)14-6-3-4-7-15(14)19(20,21)22/h3-4,6-7,9-10,12,16H,5,8,11H2,1-2H3. The van der Waals surface area contributed by atoms with E-state index in [1.165, 1.54) is 44.6 Å². The van der Waals surface area contributed by atoms with Gasteiger partial charge < -0.3 is 9.47 Å². The Balaban J connectivity index is 2.09. The predicted molar refractivity (Wildman–Crippen MR) is 96.9 cm³/mol. The van der Waals surface area contributed by atoms with Crippen molar-refractivity contribution in [1.29, 1.82) is 0 Å². The molecule has 2 aromatic rings. The third-order valence-electron chi connectivity index (χ3n) is 4.79. The van der Waals surface area contributed by atoms with E-state index in [9.17, 15) is 21.6 Å². The van der Waals surface area contributed by atoms with Crippen molar-refractivity contribution in [3.8, 4) is 11.5 Å². The van der Waals surface area contributed by atoms with E-state index in [0.717, 1.165) is 10.4 Å². The molecular weight excluding hydrogens is 395 g/mol. The van der Waals surface area contributed by atoms with Crippen molar-refractivity contribution >= 4 is 10.0 Å². The molecule has 3 rings (SSSR count). The largest absolute Gasteiger partial charge is 0.497 e. The lowest BCUT2D eigenvalue weighted by Gasteiger charge is -2.27. The summed E-state index contributed by atoms with van der Waals surface area (Å²) >= 11 is 0. The minimum Gasteiger partial charge on any atom is -0.497 e. The van der Waals surface area contributed by atoms with Crippen LogP contribution in [-0.4, -0.2) is 33.5 Å². The number of nitrogens with zero attached hydrogens (tertiary/aromatic N) is 1. The van der Waals surface area contributed by atoms with Gasteiger partial charge in [0.1, 0.15) is 16.4 Å². The van der Waals surface area contributed by atoms with Crippen LogP contribution in [0.3, 0.4) is 0 Å². The smallest absolute Gasteiger partial charge is 0.416 e. The maximum absolute atomic E-state index is 13.5. The number of hydrogen-bond acceptors (Lipinski definition) is 4. The number of sulfonamides is 1. The molecule has 0 saturated carbocycles. The molecule has 9 heteroatoms. The maximum Gasteiger partial charge on any atom is 0.416 e. The summed E-state index contributed by atoms with van der Waals surface area (Å²) in [7, 11) is -1.38. The first kappa shape index (κ1) is 20.5. The van der Waals surface area contributed by atoms with Gasteiger partial charge in [-0.1, -0.05) is 18.2 Å². The van der Waals surface area contributed by atoms with Crippen LogP contribution in [0.5, 0.6) is 11.5 Å². The fourth-order valence-electron chi connectivity index (χ4n) is 3.50. The zero-order chi connectivity index (χ0) is 20.5. The van der Waals surface area contributed by atoms with Gasteiger partial charge in [-0.05, 0) is 36.6 Å². The number of halogens is 3. The van der Waals surface area contributed by atoms with Crippen molar-refractivity contribution in [3.05, 3.63) is 53.6 Å². The van der Waals surface area contributed by atoms with Gasteiger partial charge in [-0.3, -0.25) is 0 Å². The molecule has 0 N–H and O–H groups in total. The van der Waals surface area contributed by atoms with Crippen molar-refractivity contribution in [1.82, 2.24) is 4.31 Å². The molecule has 0 radical (unpaired) electrons. The van der Waals surface area contributed by atoms with Crippen molar-refractivity contribution in [2.24, 2.45) is 0 Å². The Kier molecular flexibility index (Phi) is 5.58. The number of methoxy groups -OCH3 is 2. The van der Waals surface area contributed by atoms with Crippen LogP contribution < -0.4 is 9.47 Å². The Morgan fingerprint density at radius 2 is 1.79 bits per heavy atom. The summed E-state index contributed by atoms with van der Waals surface area (Å²) in [5, 5.41) is 0. The van der Waals surface area contributed by atoms with Crippen LogP contribution >= 0.6 is 0 Å². The number of rotatable bonds is 5. The molecule has 28 heavy (non-hydrogen) atoms. The predicted octanol–water partition coefficient (Wildman–Crippen LogP) is 4.25. The average molecular weight is 415 g/mol. The second-order valence-electron chi connectivity index (χ2n) is 6.38. The van der Waals surface area contributed by atoms with Crippen LogP contribution in [0.4, 0.5) is 13.2 Å². The fourth-order valence-corrected chi connectivity index (χ4v) is 5.34. The van der Waals surface area contributed by atoms with E-state index < -0.39 is 27.8 Å². The molecule has 1 heterocycles. The fraction of sp³-hybridized carbons (Fsp3) is 0.368. The van der Waals surface area contributed by atoms with Gasteiger partial charge in [0.2, 0.25) is 10.0 Å². The molecule has 5 nitrogen and oxygen atoms in total. The van der Waals surface area contributed by atoms with Crippen LogP contribution in [0.2, 0.25) is 0 Å². The van der Waals surface area contributed by atoms with Gasteiger partial charge in [-0.15, -0.1) is 0 Å². The second-order valence-corrected chi connectivity index (χ2v) is 8.23. The van der Waals surface area contributed by atoms with Crippen LogP contribution in [0.1, 0.15) is 30.0 Å². The molecule has 1 aliphatic heterocycles. The van der Waals surface area contributed by atoms with Gasteiger partial charge in [0.15, 0.2) is 0 Å². The first-order chi connectivity index (χ1) is 13.2. The number of ether oxygens (including phenoxy) is 2. The molecule has 0 amide bonds. The molecule has 1 fully saturated rings. The highest BCUT2D eigenvalue weighted by molar-refractivity contribution is 7.89. The highest BCUT2D eigenvalue weighted by Crippen LogP contribution is 2.43. The second kappa shape index (κ2) is 7.63. The quantitative estimate of drug-likeness (QED) is 0.733. The Morgan fingerprint density at radius 3 is 2.43 bits per heavy atom. The molecule has 2 aromatic carbocycles. The van der Waals surface area contributed by atoms with Gasteiger partial charge in [0, 0.05) is 12.6 Å². The molecule has 0 spiro atoms. The summed E-state index contributed by atoms with van der Waals surface area (Å²) in [6.45, 7) is 0.125. The summed E-state index contributed by atoms with van der Waals surface area (Å²) < 4.78 is 78.4. The molecule has 1 aliphatic rings. The van der Waals surface area contributed by atoms with E-state index in [4.69, 9.17) is 9.47 Å². The minimum absolute atomic E-state index is 0.0436. The zero-order valence-electron chi connectivity index (χ0n) is 15.4. The van der Waals surface area contributed by atoms with E-state index in [1.807, 2.05) is 0 Å². The summed E-state index contributed by atoms with van der Waals surface area (Å²) in [5.41, 5.74) is -0.863. The van der Waals surface area contributed by atoms with Crippen LogP contribution in [0.15, 0.2) is 47.4 Å². The number of hydrogen-bond donors (Lipinski definition) is 0. The molecule has 152 valence electrons. The van der Waals surface area contributed by atoms with E-state index >= 15 is 0 Å². The topological polar surface area (TPSA) is 55.8 Å². The zero-order valence-corrected chi connectivity index (χ0v) is 16.2. The molecular formula is C19H20F3NO4S. The lowest BCUT2D eigenvalue weighted by atomic mass is 9.99. The third-order valence-corrected chi connectivity index (χ3v) is 6.72. The Morgan fingerprint density at radius 1 is 1.07 bits per heavy atom. The van der Waals surface area contributed by atoms with E-state index in [2.05, 4.69) is 0 Å². The Labute approximate surface area is 161 Å². The molecule has 0 bridgehead atoms. The maximum atomic E-state index is 13.5. The minimum atomic E-state index is -4.57. The first-order valence-corrected chi connectivity index (χ1v) is 10.0. The van der Waals surface area contributed by atoms with Gasteiger partial charge in [-0.25, -0.2) is 8.42 Å². The highest BCUT2D eigenvalue weighted by Gasteiger charge is 2.42. The van der Waals surface area contributed by atoms with Crippen molar-refractivity contribution in [3.63, 3.8) is 0 Å². The lowest BCUT2D eigenvalue weighted by Crippen LogP contribution is -2.32. The summed E-state index contributed by atoms with van der Waals surface area (Å²) in [6.07, 6.45) is -3.80. The summed E-state index contributed by atoms with van der Waals surface area (Å²) in [6, 6.07) is 8.52. The monoisotopic (exact) mass is 415 g/mol. The molecule has 1 saturated heterocycles. The van der Waals surface area contributed by atoms with Crippen LogP contribution in [0.25, 0.3) is 0 Å². The molecule has 1 unspecified atom stereocenters. The Hall–Kier alpha value is -2.26. The van der Waals surface area contributed by atoms with E-state index in [-0.39, 0.29) is 22.8 Å². The van der Waals surface area contributed by atoms with E-state index in [0.29, 0.717) is 18.6 Å². The SMILES string of the molecule is COc1ccc(OC)c(S(=O)(=O)N2CCCC2c2ccccc2C(F)(F)F)c1. The summed E-state index contributed by atoms with van der Waals surface area (Å²) in [5.74, 6) is 0.418. The highest BCUT2D eigenvalue weighted by atomic mass is 32.2. The van der Waals surface area contributed by atoms with E-state index in [1.54, 1.807) is 6.07 Å². The molecule has 0 aromatic heterocycles. The van der Waals surface area contributed by atoms with Gasteiger partial charge >= 0.3 is 6.18 Å². The molecule has 0 aliphatic carbocycles. The van der Waals surface area contributed by atoms with Crippen molar-refractivity contribution < 1.29 is 31.1 Å². The van der Waals surface area contributed by atoms with Crippen molar-refractivity contribution in [2.75, 3.05) is 20.8 Å². The van der Waals surface area contributed by atoms with Gasteiger partial charge in [-0.2, -0.15) is 17.5 Å². The van der Waals surface area contributed by atoms with Crippen LogP contribution in [0, 0.1) is 0 Å². The number of alkyl halides is 3. The Bertz CT molecular complexity index is 960. The van der Waals surface area contributed by atoms with Gasteiger partial charge in [0.05, 0.1) is 25.8 Å². The van der Waals surface area contributed by atoms with Crippen molar-refractivity contribution in [2.45, 2.75) is 30.0 Å². The average Bonchev–Trinajstić information content (AvgIpc) is 3.17. The number of benzene rings is 2. The third kappa shape index (κ3) is 3.68. The first-order valence-electron chi connectivity index (χ1n) is 8.60. The van der Waals surface area contributed by atoms with Gasteiger partial charge in [0.25, 0.3) is 0 Å². The van der Waals surface area contributed by atoms with Crippen LogP contribution in [-0.2, 0) is 16.2 Å². The normalized spacial score (nSPS) is 18.2.